The van der Waals surface area contributed by atoms with Crippen LogP contribution < -0.4 is 43.0 Å². The van der Waals surface area contributed by atoms with Crippen LogP contribution in [0.25, 0.3) is 0 Å². The van der Waals surface area contributed by atoms with E-state index in [0.717, 1.165) is 31.8 Å². The number of amides is 8. The molecular formula is C75H108F2N8O21. The van der Waals surface area contributed by atoms with E-state index in [4.69, 9.17) is 48.4 Å². The normalized spacial score (nSPS) is 28.4. The van der Waals surface area contributed by atoms with E-state index in [1.807, 2.05) is 6.92 Å². The van der Waals surface area contributed by atoms with Gasteiger partial charge in [0.25, 0.3) is 0 Å². The Balaban J connectivity index is 0.736. The summed E-state index contributed by atoms with van der Waals surface area (Å²) in [6.07, 6.45) is 1.06. The fraction of sp³-hybridized carbons (Fsp3) is 0.707. The second-order valence-electron chi connectivity index (χ2n) is 29.6. The minimum Gasteiger partial charge on any atom is -0.456 e. The number of anilines is 1. The lowest BCUT2D eigenvalue weighted by Crippen LogP contribution is -2.71. The number of alkyl carbamates (subject to hydrolysis) is 2. The summed E-state index contributed by atoms with van der Waals surface area (Å²) in [7, 11) is 0. The molecule has 0 aromatic heterocycles. The Morgan fingerprint density at radius 1 is 0.755 bits per heavy atom. The smallest absolute Gasteiger partial charge is 0.408 e. The summed E-state index contributed by atoms with van der Waals surface area (Å²) in [6, 6.07) is -0.0313. The number of allylic oxidation sites excluding steroid dienone is 4. The van der Waals surface area contributed by atoms with Crippen LogP contribution in [-0.4, -0.2) is 215 Å². The summed E-state index contributed by atoms with van der Waals surface area (Å²) in [5.41, 5.74) is -1.51. The summed E-state index contributed by atoms with van der Waals surface area (Å²) in [5.74, 6) is 0.363. The van der Waals surface area contributed by atoms with Gasteiger partial charge in [-0.05, 0) is 136 Å². The van der Waals surface area contributed by atoms with Crippen molar-refractivity contribution >= 4 is 65.1 Å². The van der Waals surface area contributed by atoms with Crippen LogP contribution in [0.1, 0.15) is 138 Å². The Labute approximate surface area is 617 Å². The lowest BCUT2D eigenvalue weighted by Gasteiger charge is -2.63. The number of carbonyl (C=O) groups excluding carboxylic acids is 10. The van der Waals surface area contributed by atoms with Gasteiger partial charge in [-0.2, -0.15) is 0 Å². The molecule has 588 valence electrons. The van der Waals surface area contributed by atoms with Crippen LogP contribution in [-0.2, 0) is 82.8 Å². The van der Waals surface area contributed by atoms with Gasteiger partial charge in [0.2, 0.25) is 29.4 Å². The molecule has 3 unspecified atom stereocenters. The molecule has 0 radical (unpaired) electrons. The van der Waals surface area contributed by atoms with Crippen LogP contribution >= 0.6 is 0 Å². The van der Waals surface area contributed by atoms with E-state index in [0.29, 0.717) is 82.3 Å². The van der Waals surface area contributed by atoms with Crippen molar-refractivity contribution in [3.05, 3.63) is 53.6 Å². The number of aliphatic hydroxyl groups is 2. The summed E-state index contributed by atoms with van der Waals surface area (Å²) in [6.45, 7) is 12.7. The molecule has 1 aliphatic heterocycles. The maximum Gasteiger partial charge on any atom is 0.408 e. The average molecular weight is 1500 g/mol. The van der Waals surface area contributed by atoms with E-state index in [2.05, 4.69) is 49.1 Å². The van der Waals surface area contributed by atoms with Crippen molar-refractivity contribution in [2.45, 2.75) is 199 Å². The number of fused-ring (bicyclic) bond motifs is 8. The third-order valence-corrected chi connectivity index (χ3v) is 21.6. The number of benzene rings is 1. The highest BCUT2D eigenvalue weighted by atomic mass is 19.1. The van der Waals surface area contributed by atoms with E-state index in [9.17, 15) is 58.2 Å². The van der Waals surface area contributed by atoms with Gasteiger partial charge in [-0.25, -0.2) is 28.0 Å². The second kappa shape index (κ2) is 38.9. The number of ketones is 2. The fourth-order valence-corrected chi connectivity index (χ4v) is 16.1. The minimum atomic E-state index is -2.45. The molecule has 5 fully saturated rings. The molecular weight excluding hydrogens is 1390 g/mol. The molecule has 11 N–H and O–H groups in total. The lowest BCUT2D eigenvalue weighted by molar-refractivity contribution is -0.235. The molecule has 7 aliphatic rings. The first-order valence-corrected chi connectivity index (χ1v) is 37.1. The van der Waals surface area contributed by atoms with Gasteiger partial charge in [-0.3, -0.25) is 28.8 Å². The van der Waals surface area contributed by atoms with Crippen molar-refractivity contribution in [1.29, 1.82) is 0 Å². The molecule has 106 heavy (non-hydrogen) atoms. The highest BCUT2D eigenvalue weighted by Gasteiger charge is 2.80. The van der Waals surface area contributed by atoms with Crippen LogP contribution in [0.2, 0.25) is 0 Å². The maximum atomic E-state index is 18.1. The Kier molecular flexibility index (Phi) is 30.8. The SMILES string of the molecule is CCCC1O[C@@H]2C[C@H]3[C@@H]4C[C@H](F)C5=CC(=O)C=C[C@]5(C)[C@@]4(F)[C@@H](O)C[C@]3(C)[C@]2(C(=O)COC(=O)[C@H](CC(C)C)NC(=O)[C@H](CO)NC(=O)OCc2ccc(NC(=O)[C@H](CCCNC(N)=O)NC(=O)[C@@H](NC(=O)CCOCCOCCOCCOCCNC(=O)OCC3C4CCC#CCCC43)C(C)C)cc2)O1. The number of alkyl halides is 2. The Bertz CT molecular complexity index is 3350. The quantitative estimate of drug-likeness (QED) is 0.0183. The minimum absolute atomic E-state index is 0.0195. The first kappa shape index (κ1) is 83.9. The Morgan fingerprint density at radius 2 is 1.41 bits per heavy atom. The van der Waals surface area contributed by atoms with E-state index >= 15 is 8.78 Å². The van der Waals surface area contributed by atoms with Crippen molar-refractivity contribution in [3.63, 3.8) is 0 Å². The first-order valence-electron chi connectivity index (χ1n) is 37.1. The highest BCUT2D eigenvalue weighted by Crippen LogP contribution is 2.72. The zero-order valence-corrected chi connectivity index (χ0v) is 61.8. The number of primary amides is 1. The third-order valence-electron chi connectivity index (χ3n) is 21.6. The number of ether oxygens (including phenoxy) is 9. The van der Waals surface area contributed by atoms with Gasteiger partial charge in [0.1, 0.15) is 36.9 Å². The molecule has 0 bridgehead atoms. The number of hydrogen-bond acceptors (Lipinski definition) is 21. The number of nitrogens with one attached hydrogen (secondary N) is 7. The number of nitrogens with two attached hydrogens (primary N) is 1. The van der Waals surface area contributed by atoms with Gasteiger partial charge in [0.05, 0.1) is 78.3 Å². The van der Waals surface area contributed by atoms with E-state index in [1.54, 1.807) is 34.6 Å². The predicted octanol–water partition coefficient (Wildman–Crippen LogP) is 4.76. The van der Waals surface area contributed by atoms with E-state index in [-0.39, 0.29) is 95.1 Å². The standard InChI is InChI=1S/C75H108F2N8O21/c1-8-14-63-105-61-38-52-53-37-55(76)54-36-48(87)22-24-72(54,6)74(53,77)59(88)39-73(52,7)75(61,106-63)60(89)43-102-68(94)57(35-44(2)3)83-66(92)58(40-86)84-71(97)103-41-46-18-20-47(21-19-46)81-65(91)56(17-13-25-79-69(78)95)82-67(93)64(45(4)5)85-62(90)23-27-98-29-31-100-33-34-101-32-30-99-28-26-80-70(96)104-42-51-49-15-11-9-10-12-16-50(49)51/h18-22,24,36,44-45,49-53,55-59,61,63-64,86,88H,8,11-17,23,25-35,37-43H2,1-7H3,(H,80,96)(H,81,91)(H,82,93)(H,83,92)(H,84,97)(H,85,90)(H3,78,79,95)/t49?,50?,51?,52-,53-,55-,56-,57-,58-,59-,61+,63?,64-,72-,73-,74-,75+/m0/s1. The number of esters is 1. The number of urea groups is 1. The largest absolute Gasteiger partial charge is 0.456 e. The van der Waals surface area contributed by atoms with Gasteiger partial charge < -0.3 is 95.8 Å². The molecule has 6 aliphatic carbocycles. The molecule has 4 saturated carbocycles. The topological polar surface area (TPSA) is 404 Å². The number of aliphatic hydroxyl groups excluding tert-OH is 2. The van der Waals surface area contributed by atoms with Crippen LogP contribution in [0.15, 0.2) is 48.1 Å². The number of halogens is 2. The molecule has 1 saturated heterocycles. The molecule has 8 rings (SSSR count). The third kappa shape index (κ3) is 21.0. The van der Waals surface area contributed by atoms with Crippen molar-refractivity contribution in [1.82, 2.24) is 31.9 Å². The molecule has 0 spiro atoms. The van der Waals surface area contributed by atoms with E-state index in [1.165, 1.54) is 43.3 Å². The average Bonchev–Trinajstić information content (AvgIpc) is 1.34. The fourth-order valence-electron chi connectivity index (χ4n) is 16.1. The Hall–Kier alpha value is -7.70. The second-order valence-corrected chi connectivity index (χ2v) is 29.6. The maximum absolute atomic E-state index is 18.1. The highest BCUT2D eigenvalue weighted by molar-refractivity contribution is 6.02. The van der Waals surface area contributed by atoms with Gasteiger partial charge in [-0.15, -0.1) is 11.8 Å². The van der Waals surface area contributed by atoms with Crippen molar-refractivity contribution in [3.8, 4) is 11.8 Å². The number of hydrogen-bond donors (Lipinski definition) is 10. The molecule has 1 heterocycles. The van der Waals surface area contributed by atoms with Crippen molar-refractivity contribution in [2.75, 3.05) is 91.1 Å². The number of rotatable bonds is 41. The van der Waals surface area contributed by atoms with Gasteiger partial charge >= 0.3 is 24.2 Å². The number of carbonyl (C=O) groups is 10. The molecule has 16 atom stereocenters. The van der Waals surface area contributed by atoms with Gasteiger partial charge in [-0.1, -0.05) is 66.2 Å². The number of Topliss-reactive ketones (excluding diaryl/α,β-unsaturated/α-hetero) is 1. The predicted molar refractivity (Wildman–Crippen MR) is 377 cm³/mol. The molecule has 1 aromatic rings. The zero-order chi connectivity index (χ0) is 76.9. The summed E-state index contributed by atoms with van der Waals surface area (Å²) in [4.78, 5) is 132. The summed E-state index contributed by atoms with van der Waals surface area (Å²) < 4.78 is 85.8. The van der Waals surface area contributed by atoms with Gasteiger partial charge in [0.15, 0.2) is 29.9 Å². The van der Waals surface area contributed by atoms with Crippen LogP contribution in [0, 0.1) is 64.1 Å². The van der Waals surface area contributed by atoms with Crippen LogP contribution in [0.5, 0.6) is 0 Å². The van der Waals surface area contributed by atoms with Gasteiger partial charge in [0, 0.05) is 54.8 Å². The van der Waals surface area contributed by atoms with Crippen LogP contribution in [0.3, 0.4) is 0 Å². The molecule has 29 nitrogen and oxygen atoms in total. The molecule has 31 heteroatoms. The first-order chi connectivity index (χ1) is 50.6. The molecule has 8 amide bonds. The van der Waals surface area contributed by atoms with Crippen molar-refractivity contribution < 1.29 is 110 Å². The molecule has 1 aromatic carbocycles. The Morgan fingerprint density at radius 3 is 2.04 bits per heavy atom. The monoisotopic (exact) mass is 1490 g/mol. The van der Waals surface area contributed by atoms with Crippen LogP contribution in [0.4, 0.5) is 28.9 Å². The lowest BCUT2D eigenvalue weighted by atomic mass is 9.44. The summed E-state index contributed by atoms with van der Waals surface area (Å²) >= 11 is 0. The summed E-state index contributed by atoms with van der Waals surface area (Å²) in [5, 5.41) is 40.4. The van der Waals surface area contributed by atoms with Crippen molar-refractivity contribution in [2.24, 2.45) is 58.0 Å². The van der Waals surface area contributed by atoms with E-state index < -0.39 is 161 Å². The zero-order valence-electron chi connectivity index (χ0n) is 61.8.